The first kappa shape index (κ1) is 15.9. The topological polar surface area (TPSA) is 29.1 Å². The van der Waals surface area contributed by atoms with E-state index in [1.54, 1.807) is 23.9 Å². The fourth-order valence-corrected chi connectivity index (χ4v) is 2.92. The van der Waals surface area contributed by atoms with Crippen molar-refractivity contribution in [3.8, 4) is 0 Å². The van der Waals surface area contributed by atoms with Gasteiger partial charge in [0.1, 0.15) is 5.82 Å². The SMILES string of the molecule is O=C(NCCSCc1ccccc1Cl)c1ccccc1F. The molecule has 0 saturated heterocycles. The first-order valence-corrected chi connectivity index (χ1v) is 8.05. The zero-order valence-corrected chi connectivity index (χ0v) is 12.9. The molecule has 0 aliphatic rings. The molecule has 0 heterocycles. The molecule has 0 saturated carbocycles. The summed E-state index contributed by atoms with van der Waals surface area (Å²) in [5.74, 6) is 0.644. The summed E-state index contributed by atoms with van der Waals surface area (Å²) in [6.07, 6.45) is 0. The summed E-state index contributed by atoms with van der Waals surface area (Å²) in [6.45, 7) is 0.488. The number of amides is 1. The maximum atomic E-state index is 13.4. The summed E-state index contributed by atoms with van der Waals surface area (Å²) in [4.78, 5) is 11.8. The van der Waals surface area contributed by atoms with Crippen LogP contribution in [0.15, 0.2) is 48.5 Å². The van der Waals surface area contributed by atoms with Gasteiger partial charge in [-0.25, -0.2) is 4.39 Å². The fourth-order valence-electron chi connectivity index (χ4n) is 1.77. The molecule has 0 radical (unpaired) electrons. The minimum absolute atomic E-state index is 0.0774. The summed E-state index contributed by atoms with van der Waals surface area (Å²) < 4.78 is 13.4. The Morgan fingerprint density at radius 3 is 2.62 bits per heavy atom. The van der Waals surface area contributed by atoms with Gasteiger partial charge in [0.25, 0.3) is 5.91 Å². The molecule has 0 aromatic heterocycles. The van der Waals surface area contributed by atoms with Gasteiger partial charge in [0.2, 0.25) is 0 Å². The van der Waals surface area contributed by atoms with Gasteiger partial charge in [-0.3, -0.25) is 4.79 Å². The van der Waals surface area contributed by atoms with Gasteiger partial charge in [-0.15, -0.1) is 0 Å². The highest BCUT2D eigenvalue weighted by Crippen LogP contribution is 2.20. The van der Waals surface area contributed by atoms with Gasteiger partial charge in [-0.2, -0.15) is 11.8 Å². The Morgan fingerprint density at radius 2 is 1.86 bits per heavy atom. The van der Waals surface area contributed by atoms with E-state index in [4.69, 9.17) is 11.6 Å². The van der Waals surface area contributed by atoms with E-state index in [2.05, 4.69) is 5.32 Å². The molecular weight excluding hydrogens is 309 g/mol. The van der Waals surface area contributed by atoms with E-state index < -0.39 is 5.82 Å². The van der Waals surface area contributed by atoms with Gasteiger partial charge in [0.05, 0.1) is 5.56 Å². The van der Waals surface area contributed by atoms with Crippen LogP contribution in [0.5, 0.6) is 0 Å². The van der Waals surface area contributed by atoms with E-state index in [1.807, 2.05) is 24.3 Å². The van der Waals surface area contributed by atoms with Gasteiger partial charge in [-0.05, 0) is 23.8 Å². The highest BCUT2D eigenvalue weighted by molar-refractivity contribution is 7.98. The second-order valence-electron chi connectivity index (χ2n) is 4.38. The zero-order chi connectivity index (χ0) is 15.1. The van der Waals surface area contributed by atoms with Crippen LogP contribution in [0.4, 0.5) is 4.39 Å². The van der Waals surface area contributed by atoms with Crippen molar-refractivity contribution in [1.82, 2.24) is 5.32 Å². The summed E-state index contributed by atoms with van der Waals surface area (Å²) >= 11 is 7.73. The van der Waals surface area contributed by atoms with Gasteiger partial charge in [0.15, 0.2) is 0 Å². The Morgan fingerprint density at radius 1 is 1.14 bits per heavy atom. The van der Waals surface area contributed by atoms with Crippen LogP contribution in [0.1, 0.15) is 15.9 Å². The summed E-state index contributed by atoms with van der Waals surface area (Å²) in [5, 5.41) is 3.46. The Kier molecular flexibility index (Phi) is 6.08. The van der Waals surface area contributed by atoms with Crippen LogP contribution in [0.25, 0.3) is 0 Å². The minimum Gasteiger partial charge on any atom is -0.351 e. The minimum atomic E-state index is -0.501. The molecule has 2 nitrogen and oxygen atoms in total. The Hall–Kier alpha value is -1.52. The van der Waals surface area contributed by atoms with Gasteiger partial charge in [-0.1, -0.05) is 41.9 Å². The molecule has 21 heavy (non-hydrogen) atoms. The molecule has 5 heteroatoms. The van der Waals surface area contributed by atoms with E-state index in [0.717, 1.165) is 22.1 Å². The second kappa shape index (κ2) is 8.05. The van der Waals surface area contributed by atoms with Crippen molar-refractivity contribution >= 4 is 29.3 Å². The van der Waals surface area contributed by atoms with Gasteiger partial charge >= 0.3 is 0 Å². The van der Waals surface area contributed by atoms with Crippen LogP contribution in [-0.4, -0.2) is 18.2 Å². The maximum Gasteiger partial charge on any atom is 0.254 e. The monoisotopic (exact) mass is 323 g/mol. The van der Waals surface area contributed by atoms with Crippen LogP contribution in [0.3, 0.4) is 0 Å². The molecule has 0 aliphatic carbocycles. The Labute approximate surface area is 132 Å². The maximum absolute atomic E-state index is 13.4. The van der Waals surface area contributed by atoms with Crippen molar-refractivity contribution in [2.45, 2.75) is 5.75 Å². The molecule has 1 N–H and O–H groups in total. The molecule has 2 aromatic carbocycles. The molecule has 2 rings (SSSR count). The standard InChI is InChI=1S/C16H15ClFNOS/c17-14-7-3-1-5-12(14)11-21-10-9-19-16(20)13-6-2-4-8-15(13)18/h1-8H,9-11H2,(H,19,20). The average molecular weight is 324 g/mol. The zero-order valence-electron chi connectivity index (χ0n) is 11.3. The number of carbonyl (C=O) groups is 1. The van der Waals surface area contributed by atoms with Gasteiger partial charge < -0.3 is 5.32 Å². The summed E-state index contributed by atoms with van der Waals surface area (Å²) in [7, 11) is 0. The normalized spacial score (nSPS) is 10.4. The molecule has 1 amide bonds. The average Bonchev–Trinajstić information content (AvgIpc) is 2.49. The van der Waals surface area contributed by atoms with Crippen molar-refractivity contribution in [3.63, 3.8) is 0 Å². The molecule has 0 aliphatic heterocycles. The first-order valence-electron chi connectivity index (χ1n) is 6.52. The lowest BCUT2D eigenvalue weighted by Gasteiger charge is -2.07. The number of hydrogen-bond donors (Lipinski definition) is 1. The van der Waals surface area contributed by atoms with Crippen molar-refractivity contribution in [3.05, 3.63) is 70.5 Å². The Bertz CT molecular complexity index is 621. The molecule has 0 fully saturated rings. The highest BCUT2D eigenvalue weighted by atomic mass is 35.5. The summed E-state index contributed by atoms with van der Waals surface area (Å²) in [5.41, 5.74) is 1.15. The molecular formula is C16H15ClFNOS. The number of carbonyl (C=O) groups excluding carboxylic acids is 1. The molecule has 0 bridgehead atoms. The van der Waals surface area contributed by atoms with Crippen LogP contribution in [-0.2, 0) is 5.75 Å². The Balaban J connectivity index is 1.72. The predicted molar refractivity (Wildman–Crippen MR) is 86.3 cm³/mol. The molecule has 110 valence electrons. The van der Waals surface area contributed by atoms with Crippen LogP contribution in [0.2, 0.25) is 5.02 Å². The number of rotatable bonds is 6. The van der Waals surface area contributed by atoms with Crippen molar-refractivity contribution in [2.24, 2.45) is 0 Å². The van der Waals surface area contributed by atoms with E-state index in [-0.39, 0.29) is 11.5 Å². The fraction of sp³-hybridized carbons (Fsp3) is 0.188. The van der Waals surface area contributed by atoms with Crippen LogP contribution in [0, 0.1) is 5.82 Å². The first-order chi connectivity index (χ1) is 10.2. The van der Waals surface area contributed by atoms with E-state index in [1.165, 1.54) is 12.1 Å². The number of thioether (sulfide) groups is 1. The quantitative estimate of drug-likeness (QED) is 0.809. The largest absolute Gasteiger partial charge is 0.351 e. The van der Waals surface area contributed by atoms with E-state index in [9.17, 15) is 9.18 Å². The molecule has 2 aromatic rings. The number of benzene rings is 2. The van der Waals surface area contributed by atoms with E-state index >= 15 is 0 Å². The number of nitrogens with one attached hydrogen (secondary N) is 1. The number of halogens is 2. The number of hydrogen-bond acceptors (Lipinski definition) is 2. The van der Waals surface area contributed by atoms with Crippen molar-refractivity contribution in [2.75, 3.05) is 12.3 Å². The van der Waals surface area contributed by atoms with Crippen LogP contribution >= 0.6 is 23.4 Å². The lowest BCUT2D eigenvalue weighted by atomic mass is 10.2. The third-order valence-corrected chi connectivity index (χ3v) is 4.24. The van der Waals surface area contributed by atoms with Crippen molar-refractivity contribution in [1.29, 1.82) is 0 Å². The third-order valence-electron chi connectivity index (χ3n) is 2.87. The van der Waals surface area contributed by atoms with Gasteiger partial charge in [0, 0.05) is 23.1 Å². The van der Waals surface area contributed by atoms with Crippen molar-refractivity contribution < 1.29 is 9.18 Å². The van der Waals surface area contributed by atoms with Crippen LogP contribution < -0.4 is 5.32 Å². The predicted octanol–water partition coefficient (Wildman–Crippen LogP) is 4.14. The highest BCUT2D eigenvalue weighted by Gasteiger charge is 2.09. The molecule has 0 spiro atoms. The lowest BCUT2D eigenvalue weighted by Crippen LogP contribution is -2.26. The van der Waals surface area contributed by atoms with E-state index in [0.29, 0.717) is 6.54 Å². The third kappa shape index (κ3) is 4.76. The second-order valence-corrected chi connectivity index (χ2v) is 5.89. The summed E-state index contributed by atoms with van der Waals surface area (Å²) in [6, 6.07) is 13.6. The lowest BCUT2D eigenvalue weighted by molar-refractivity contribution is 0.0952. The molecule has 0 atom stereocenters. The smallest absolute Gasteiger partial charge is 0.254 e. The molecule has 0 unspecified atom stereocenters.